The Morgan fingerprint density at radius 2 is 0.762 bits per heavy atom. The molecule has 6 aromatic rings. The second-order valence-electron chi connectivity index (χ2n) is 15.8. The van der Waals surface area contributed by atoms with Crippen molar-refractivity contribution in [2.45, 2.75) is 49.8 Å². The number of H-pyrrole nitrogens is 1. The molecule has 80 heavy (non-hydrogen) atoms. The number of pyridine rings is 2. The van der Waals surface area contributed by atoms with Crippen molar-refractivity contribution in [2.75, 3.05) is 0 Å². The minimum Gasteiger partial charge on any atom is -0.355 e. The third-order valence-electron chi connectivity index (χ3n) is 8.59. The smallest absolute Gasteiger partial charge is 0.355 e. The standard InChI is InChI=1S/C13H10BrClF5NO2S.2C8H8BrF5OS.C8H9F5OS.C5H3BrClNO/c1-8(21-7-10(15)6-12(14)13(21)22)9-2-4-11(5-3-9)23-24(16,17,18,19)20;2*1-6(9)7-2-4-8(5-3-7)15-16(10,11,12,13)14;1-2-7-3-5-8(6-4-7)14-15(9,10,11,12)13;6-4-1-3(7)2-8-5(4)9/h2-8H,1H3;2*2-6H,1H3;3-6H,2H2,1H3;1-2H,(H,8,9). The van der Waals surface area contributed by atoms with E-state index in [1.54, 1.807) is 33.8 Å². The number of hydrogen-bond donors (Lipinski definition) is 1. The number of nitrogens with zero attached hydrogens (tertiary/aromatic N) is 1. The molecule has 1 N–H and O–H groups in total. The molecule has 6 rings (SSSR count). The van der Waals surface area contributed by atoms with E-state index in [4.69, 9.17) is 23.2 Å². The van der Waals surface area contributed by atoms with Crippen molar-refractivity contribution in [1.29, 1.82) is 0 Å². The van der Waals surface area contributed by atoms with Crippen molar-refractivity contribution >= 4 is 129 Å². The van der Waals surface area contributed by atoms with Gasteiger partial charge in [0.15, 0.2) is 0 Å². The van der Waals surface area contributed by atoms with Crippen LogP contribution in [-0.2, 0) is 6.42 Å². The summed E-state index contributed by atoms with van der Waals surface area (Å²) in [6.45, 7) is 6.89. The van der Waals surface area contributed by atoms with Crippen LogP contribution in [0.4, 0.5) is 77.7 Å². The summed E-state index contributed by atoms with van der Waals surface area (Å²) >= 11 is 23.8. The fraction of sp³-hybridized carbons (Fsp3) is 0.190. The molecule has 2 heterocycles. The molecule has 0 aliphatic rings. The van der Waals surface area contributed by atoms with E-state index in [9.17, 15) is 87.3 Å². The average molecular weight is 1570 g/mol. The molecule has 38 heteroatoms. The Balaban J connectivity index is 0.000000352. The molecule has 0 saturated heterocycles. The molecular weight excluding hydrogens is 1530 g/mol. The molecule has 0 radical (unpaired) electrons. The van der Waals surface area contributed by atoms with Gasteiger partial charge in [-0.3, -0.25) is 9.59 Å². The lowest BCUT2D eigenvalue weighted by atomic mass is 10.1. The summed E-state index contributed by atoms with van der Waals surface area (Å²) in [5, 5.41) is 0.788. The third-order valence-corrected chi connectivity index (χ3v) is 13.3. The number of hydrogen-bond acceptors (Lipinski definition) is 6. The van der Waals surface area contributed by atoms with E-state index < -0.39 is 76.6 Å². The maximum Gasteiger partial charge on any atom is 0.435 e. The van der Waals surface area contributed by atoms with Crippen molar-refractivity contribution in [3.63, 3.8) is 0 Å². The molecule has 0 spiro atoms. The second kappa shape index (κ2) is 22.5. The minimum atomic E-state index is -10.0. The summed E-state index contributed by atoms with van der Waals surface area (Å²) < 4.78 is 254. The summed E-state index contributed by atoms with van der Waals surface area (Å²) in [5.41, 5.74) is 1.90. The monoisotopic (exact) mass is 1560 g/mol. The van der Waals surface area contributed by atoms with Crippen LogP contribution in [0.1, 0.15) is 65.6 Å². The number of aromatic amines is 1. The van der Waals surface area contributed by atoms with Gasteiger partial charge in [0, 0.05) is 22.0 Å². The predicted molar refractivity (Wildman–Crippen MR) is 292 cm³/mol. The number of aromatic nitrogens is 2. The van der Waals surface area contributed by atoms with Crippen LogP contribution in [0, 0.1) is 0 Å². The van der Waals surface area contributed by atoms with E-state index in [0.29, 0.717) is 32.6 Å². The highest BCUT2D eigenvalue weighted by Crippen LogP contribution is 2.99. The van der Waals surface area contributed by atoms with Gasteiger partial charge in [0.25, 0.3) is 11.1 Å². The second-order valence-corrected chi connectivity index (χ2v) is 28.9. The first kappa shape index (κ1) is 72.6. The van der Waals surface area contributed by atoms with Crippen LogP contribution in [0.3, 0.4) is 0 Å². The Bertz CT molecular complexity index is 3160. The Hall–Kier alpha value is -3.52. The van der Waals surface area contributed by atoms with Gasteiger partial charge in [0.2, 0.25) is 0 Å². The highest BCUT2D eigenvalue weighted by molar-refractivity contribution is 9.11. The summed E-state index contributed by atoms with van der Waals surface area (Å²) in [4.78, 5) is 24.9. The lowest BCUT2D eigenvalue weighted by Crippen LogP contribution is -2.24. The predicted octanol–water partition coefficient (Wildman–Crippen LogP) is 24.6. The molecule has 2 aromatic heterocycles. The molecule has 8 nitrogen and oxygen atoms in total. The first-order valence-corrected chi connectivity index (χ1v) is 32.3. The van der Waals surface area contributed by atoms with Gasteiger partial charge in [-0.05, 0) is 142 Å². The van der Waals surface area contributed by atoms with Crippen LogP contribution in [0.15, 0.2) is 140 Å². The molecule has 4 aromatic carbocycles. The molecule has 0 amide bonds. The zero-order valence-corrected chi connectivity index (χ0v) is 51.0. The topological polar surface area (TPSA) is 91.8 Å². The van der Waals surface area contributed by atoms with E-state index in [1.165, 1.54) is 59.4 Å². The number of nitrogens with one attached hydrogen (secondary N) is 1. The van der Waals surface area contributed by atoms with Crippen LogP contribution in [-0.4, -0.2) is 9.55 Å². The highest BCUT2D eigenvalue weighted by atomic mass is 79.9. The molecule has 0 fully saturated rings. The summed E-state index contributed by atoms with van der Waals surface area (Å²) in [6, 6.07) is 19.0. The first-order valence-electron chi connectivity index (χ1n) is 20.6. The molecule has 458 valence electrons. The quantitative estimate of drug-likeness (QED) is 0.0915. The van der Waals surface area contributed by atoms with Gasteiger partial charge in [0.1, 0.15) is 23.0 Å². The van der Waals surface area contributed by atoms with Crippen LogP contribution >= 0.6 is 129 Å². The van der Waals surface area contributed by atoms with E-state index in [2.05, 4.69) is 85.4 Å². The van der Waals surface area contributed by atoms with Gasteiger partial charge in [-0.1, -0.05) is 188 Å². The fourth-order valence-corrected chi connectivity index (χ4v) is 9.27. The summed E-state index contributed by atoms with van der Waals surface area (Å²) in [7, 11) is -39.5. The van der Waals surface area contributed by atoms with Gasteiger partial charge in [-0.15, -0.1) is 0 Å². The molecule has 0 aliphatic heterocycles. The average Bonchev–Trinajstić information content (AvgIpc) is 3.24. The van der Waals surface area contributed by atoms with E-state index in [0.717, 1.165) is 66.2 Å². The third kappa shape index (κ3) is 32.4. The maximum absolute atomic E-state index is 12.3. The number of halogens is 26. The molecule has 0 aliphatic carbocycles. The van der Waals surface area contributed by atoms with E-state index in [1.807, 2.05) is 0 Å². The summed E-state index contributed by atoms with van der Waals surface area (Å²) in [5.74, 6) is -3.77. The van der Waals surface area contributed by atoms with Crippen LogP contribution in [0.25, 0.3) is 0 Å². The van der Waals surface area contributed by atoms with Crippen molar-refractivity contribution in [1.82, 2.24) is 9.55 Å². The van der Waals surface area contributed by atoms with Crippen molar-refractivity contribution in [3.05, 3.63) is 184 Å². The number of alkyl halides is 2. The first-order chi connectivity index (χ1) is 35.1. The van der Waals surface area contributed by atoms with Gasteiger partial charge in [0.05, 0.1) is 25.0 Å². The van der Waals surface area contributed by atoms with Gasteiger partial charge in [-0.2, -0.15) is 0 Å². The SMILES string of the molecule is CC(Br)c1ccc(OS(F)(F)(F)(F)F)cc1.CC(Br)c1ccc(OS(F)(F)(F)(F)F)cc1.CC(c1ccc(OS(F)(F)(F)(F)F)cc1)n1cc(Cl)cc(Br)c1=O.CCc1ccc(OS(F)(F)(F)(F)F)cc1.O=c1[nH]cc(Cl)cc1Br. The highest BCUT2D eigenvalue weighted by Gasteiger charge is 2.69. The maximum atomic E-state index is 12.3. The largest absolute Gasteiger partial charge is 0.435 e. The number of rotatable bonds is 13. The molecule has 3 unspecified atom stereocenters. The van der Waals surface area contributed by atoms with Gasteiger partial charge in [-0.25, -0.2) is 0 Å². The van der Waals surface area contributed by atoms with Crippen LogP contribution in [0.5, 0.6) is 23.0 Å². The Morgan fingerprint density at radius 3 is 1.02 bits per heavy atom. The minimum absolute atomic E-state index is 0.0819. The lowest BCUT2D eigenvalue weighted by molar-refractivity contribution is 0.239. The van der Waals surface area contributed by atoms with Crippen molar-refractivity contribution in [3.8, 4) is 23.0 Å². The van der Waals surface area contributed by atoms with E-state index >= 15 is 0 Å². The fourth-order valence-electron chi connectivity index (χ4n) is 5.30. The van der Waals surface area contributed by atoms with Gasteiger partial charge < -0.3 is 26.3 Å². The molecule has 3 atom stereocenters. The lowest BCUT2D eigenvalue weighted by Gasteiger charge is -2.39. The number of aryl methyl sites for hydroxylation is 1. The molecular formula is C42H38Br4Cl2F20N2O6S4. The van der Waals surface area contributed by atoms with E-state index in [-0.39, 0.29) is 24.7 Å². The van der Waals surface area contributed by atoms with Crippen LogP contribution in [0.2, 0.25) is 10.0 Å². The normalized spacial score (nSPS) is 16.4. The Kier molecular flexibility index (Phi) is 20.4. The zero-order valence-electron chi connectivity index (χ0n) is 39.8. The van der Waals surface area contributed by atoms with Crippen molar-refractivity contribution in [2.24, 2.45) is 0 Å². The Labute approximate surface area is 485 Å². The van der Waals surface area contributed by atoms with Crippen molar-refractivity contribution < 1.29 is 94.4 Å². The Morgan fingerprint density at radius 1 is 0.475 bits per heavy atom. The number of benzene rings is 4. The summed E-state index contributed by atoms with van der Waals surface area (Å²) in [6.07, 6.45) is 3.41. The van der Waals surface area contributed by atoms with Crippen LogP contribution < -0.4 is 27.9 Å². The molecule has 0 bridgehead atoms. The molecule has 0 saturated carbocycles. The zero-order chi connectivity index (χ0) is 62.4. The van der Waals surface area contributed by atoms with Gasteiger partial charge >= 0.3 is 42.0 Å².